The van der Waals surface area contributed by atoms with Crippen LogP contribution in [-0.4, -0.2) is 8.07 Å². The molecule has 5 heteroatoms. The van der Waals surface area contributed by atoms with E-state index in [0.717, 1.165) is 0 Å². The van der Waals surface area contributed by atoms with E-state index in [9.17, 15) is 0 Å². The third-order valence-corrected chi connectivity index (χ3v) is 12.6. The average molecular weight is 574 g/mol. The van der Waals surface area contributed by atoms with E-state index in [2.05, 4.69) is 124 Å². The van der Waals surface area contributed by atoms with Crippen molar-refractivity contribution in [1.29, 1.82) is 0 Å². The largest absolute Gasteiger partial charge is 4.00 e. The smallest absolute Gasteiger partial charge is 1.00 e. The minimum Gasteiger partial charge on any atom is -1.00 e. The Balaban J connectivity index is 0.00000153. The van der Waals surface area contributed by atoms with Crippen molar-refractivity contribution >= 4 is 23.6 Å². The number of halogens is 3. The van der Waals surface area contributed by atoms with E-state index in [0.29, 0.717) is 17.4 Å². The van der Waals surface area contributed by atoms with Gasteiger partial charge in [-0.15, -0.1) is 0 Å². The Bertz CT molecular complexity index is 1060. The van der Waals surface area contributed by atoms with Crippen molar-refractivity contribution in [2.45, 2.75) is 32.7 Å². The zero-order chi connectivity index (χ0) is 21.4. The van der Waals surface area contributed by atoms with Gasteiger partial charge in [0.1, 0.15) is 8.07 Å². The summed E-state index contributed by atoms with van der Waals surface area (Å²) >= 11 is 0. The van der Waals surface area contributed by atoms with E-state index >= 15 is 0 Å². The van der Waals surface area contributed by atoms with Gasteiger partial charge in [-0.2, -0.15) is 12.0 Å². The molecule has 1 fully saturated rings. The molecule has 35 heavy (non-hydrogen) atoms. The number of rotatable bonds is 4. The van der Waals surface area contributed by atoms with E-state index < -0.39 is 8.07 Å². The number of benzene rings is 3. The second-order valence-corrected chi connectivity index (χ2v) is 13.4. The molecule has 2 aliphatic carbocycles. The van der Waals surface area contributed by atoms with Crippen LogP contribution in [0.25, 0.3) is 0 Å². The zero-order valence-corrected chi connectivity index (χ0v) is 25.2. The van der Waals surface area contributed by atoms with Crippen LogP contribution in [0.3, 0.4) is 0 Å². The molecule has 3 aromatic carbocycles. The van der Waals surface area contributed by atoms with Gasteiger partial charge in [0.25, 0.3) is 0 Å². The Hall–Kier alpha value is -1.06. The van der Waals surface area contributed by atoms with E-state index in [4.69, 9.17) is 0 Å². The maximum Gasteiger partial charge on any atom is 4.00 e. The summed E-state index contributed by atoms with van der Waals surface area (Å²) in [5, 5.41) is 4.61. The quantitative estimate of drug-likeness (QED) is 0.172. The molecule has 0 nitrogen and oxygen atoms in total. The fourth-order valence-corrected chi connectivity index (χ4v) is 12.0. The SMILES string of the molecule is Cc1cccc([Si](c2cccc(C)c2)(c2cccc(C)c2)C2[CH-]CC3C=CC=CC32)c1.[Cl-].[Cl-].[Cl-].[Ti+4]. The van der Waals surface area contributed by atoms with Crippen LogP contribution in [0.15, 0.2) is 97.1 Å². The fraction of sp³-hybridized carbons (Fsp3) is 0.233. The third kappa shape index (κ3) is 5.93. The zero-order valence-electron chi connectivity index (χ0n) is 20.4. The van der Waals surface area contributed by atoms with Crippen LogP contribution < -0.4 is 52.8 Å². The van der Waals surface area contributed by atoms with Crippen molar-refractivity contribution in [1.82, 2.24) is 0 Å². The first-order valence-corrected chi connectivity index (χ1v) is 13.6. The molecule has 0 saturated heterocycles. The Labute approximate surface area is 245 Å². The second-order valence-electron chi connectivity index (χ2n) is 9.42. The topological polar surface area (TPSA) is 0 Å². The van der Waals surface area contributed by atoms with Crippen molar-refractivity contribution < 1.29 is 58.9 Å². The molecule has 0 aliphatic heterocycles. The first-order valence-electron chi connectivity index (χ1n) is 11.5. The second kappa shape index (κ2) is 13.5. The van der Waals surface area contributed by atoms with Gasteiger partial charge >= 0.3 is 21.7 Å². The number of allylic oxidation sites excluding steroid dienone is 4. The van der Waals surface area contributed by atoms with Gasteiger partial charge in [-0.25, -0.2) is 0 Å². The molecule has 1 saturated carbocycles. The van der Waals surface area contributed by atoms with Gasteiger partial charge in [0.05, 0.1) is 0 Å². The number of fused-ring (bicyclic) bond motifs is 1. The first-order chi connectivity index (χ1) is 15.1. The van der Waals surface area contributed by atoms with Gasteiger partial charge in [0.15, 0.2) is 0 Å². The molecular weight excluding hydrogens is 543 g/mol. The first kappa shape index (κ1) is 32.0. The molecule has 0 heterocycles. The summed E-state index contributed by atoms with van der Waals surface area (Å²) < 4.78 is 0. The number of hydrogen-bond acceptors (Lipinski definition) is 0. The number of aryl methyl sites for hydroxylation is 3. The van der Waals surface area contributed by atoms with E-state index in [1.165, 1.54) is 38.7 Å². The molecule has 0 bridgehead atoms. The normalized spacial score (nSPS) is 19.9. The van der Waals surface area contributed by atoms with Crippen molar-refractivity contribution in [3.8, 4) is 0 Å². The summed E-state index contributed by atoms with van der Waals surface area (Å²) in [6.07, 6.45) is 13.3. The Kier molecular flexibility index (Phi) is 12.3. The van der Waals surface area contributed by atoms with Crippen LogP contribution in [-0.2, 0) is 21.7 Å². The fourth-order valence-electron chi connectivity index (χ4n) is 5.97. The summed E-state index contributed by atoms with van der Waals surface area (Å²) in [5.41, 5.74) is 4.58. The van der Waals surface area contributed by atoms with Gasteiger partial charge in [0, 0.05) is 0 Å². The van der Waals surface area contributed by atoms with Gasteiger partial charge in [-0.1, -0.05) is 129 Å². The summed E-state index contributed by atoms with van der Waals surface area (Å²) in [6, 6.07) is 28.2. The maximum absolute atomic E-state index is 2.68. The molecule has 180 valence electrons. The summed E-state index contributed by atoms with van der Waals surface area (Å²) in [6.45, 7) is 6.71. The predicted octanol–water partition coefficient (Wildman–Crippen LogP) is -3.57. The number of hydrogen-bond donors (Lipinski definition) is 0. The molecule has 3 aromatic rings. The molecule has 0 spiro atoms. The summed E-state index contributed by atoms with van der Waals surface area (Å²) in [7, 11) is -2.33. The van der Waals surface area contributed by atoms with E-state index in [-0.39, 0.29) is 58.9 Å². The molecule has 0 radical (unpaired) electrons. The minimum atomic E-state index is -2.33. The van der Waals surface area contributed by atoms with E-state index in [1.54, 1.807) is 0 Å². The third-order valence-electron chi connectivity index (χ3n) is 7.29. The average Bonchev–Trinajstić information content (AvgIpc) is 3.19. The monoisotopic (exact) mass is 572 g/mol. The van der Waals surface area contributed by atoms with E-state index in [1.807, 2.05) is 0 Å². The van der Waals surface area contributed by atoms with Crippen molar-refractivity contribution in [3.63, 3.8) is 0 Å². The van der Waals surface area contributed by atoms with Crippen LogP contribution in [0.2, 0.25) is 5.54 Å². The van der Waals surface area contributed by atoms with Crippen LogP contribution in [0, 0.1) is 39.0 Å². The standard InChI is InChI=1S/C30H31Si.3ClH.Ti/c1-22-9-6-13-26(19-22)31(27-14-7-10-23(2)20-27,28-15-8-11-24(3)21-28)30-18-17-25-12-4-5-16-29(25)30;;;;/h4-16,18-21,25,29-30H,17H2,1-3H3;3*1H;/q-1;;;;+4/p-3. The van der Waals surface area contributed by atoms with Crippen molar-refractivity contribution in [3.05, 3.63) is 120 Å². The van der Waals surface area contributed by atoms with Gasteiger partial charge < -0.3 is 43.6 Å². The Morgan fingerprint density at radius 2 is 1.09 bits per heavy atom. The molecule has 5 rings (SSSR count). The maximum atomic E-state index is 2.68. The van der Waals surface area contributed by atoms with Crippen molar-refractivity contribution in [2.24, 2.45) is 11.8 Å². The molecule has 0 amide bonds. The summed E-state index contributed by atoms with van der Waals surface area (Å²) in [4.78, 5) is 0. The molecule has 2 aliphatic rings. The van der Waals surface area contributed by atoms with Gasteiger partial charge in [0.2, 0.25) is 0 Å². The molecule has 0 N–H and O–H groups in total. The van der Waals surface area contributed by atoms with Crippen LogP contribution in [0.4, 0.5) is 0 Å². The summed E-state index contributed by atoms with van der Waals surface area (Å²) in [5.74, 6) is 1.19. The van der Waals surface area contributed by atoms with Gasteiger partial charge in [-0.3, -0.25) is 0 Å². The predicted molar refractivity (Wildman–Crippen MR) is 136 cm³/mol. The molecule has 3 unspecified atom stereocenters. The molecule has 0 aromatic heterocycles. The van der Waals surface area contributed by atoms with Crippen LogP contribution in [0.1, 0.15) is 23.1 Å². The molecule has 3 atom stereocenters. The van der Waals surface area contributed by atoms with Crippen molar-refractivity contribution in [2.75, 3.05) is 0 Å². The van der Waals surface area contributed by atoms with Crippen LogP contribution in [0.5, 0.6) is 0 Å². The van der Waals surface area contributed by atoms with Gasteiger partial charge in [-0.05, 0) is 32.6 Å². The van der Waals surface area contributed by atoms with Crippen LogP contribution >= 0.6 is 0 Å². The minimum absolute atomic E-state index is 0. The molecular formula is C30H31Cl3SiTi. The Morgan fingerprint density at radius 3 is 1.51 bits per heavy atom. The Morgan fingerprint density at radius 1 is 0.657 bits per heavy atom.